The highest BCUT2D eigenvalue weighted by atomic mass is 127. The Bertz CT molecular complexity index is 503. The van der Waals surface area contributed by atoms with Crippen LogP contribution < -0.4 is 10.6 Å². The topological polar surface area (TPSA) is 63.2 Å². The lowest BCUT2D eigenvalue weighted by atomic mass is 10.2. The van der Waals surface area contributed by atoms with Crippen LogP contribution in [0.15, 0.2) is 4.99 Å². The summed E-state index contributed by atoms with van der Waals surface area (Å²) in [4.78, 5) is 23.2. The van der Waals surface area contributed by atoms with Crippen LogP contribution >= 0.6 is 24.0 Å². The second-order valence-electron chi connectivity index (χ2n) is 8.17. The maximum atomic E-state index is 11.4. The third kappa shape index (κ3) is 7.02. The third-order valence-corrected chi connectivity index (χ3v) is 6.25. The summed E-state index contributed by atoms with van der Waals surface area (Å²) in [7, 11) is 0. The zero-order valence-corrected chi connectivity index (χ0v) is 20.0. The van der Waals surface area contributed by atoms with Crippen LogP contribution in [-0.2, 0) is 4.79 Å². The maximum absolute atomic E-state index is 11.4. The Hall–Kier alpha value is -0.610. The number of amides is 1. The van der Waals surface area contributed by atoms with Crippen LogP contribution in [0, 0.1) is 0 Å². The Morgan fingerprint density at radius 3 is 2.43 bits per heavy atom. The Labute approximate surface area is 187 Å². The van der Waals surface area contributed by atoms with Crippen molar-refractivity contribution in [3.63, 3.8) is 0 Å². The van der Waals surface area contributed by atoms with Crippen molar-refractivity contribution in [2.75, 3.05) is 58.9 Å². The number of likely N-dealkylation sites (tertiary alicyclic amines) is 1. The van der Waals surface area contributed by atoms with Crippen LogP contribution in [0.4, 0.5) is 0 Å². The number of carbonyl (C=O) groups is 1. The van der Waals surface area contributed by atoms with E-state index in [4.69, 9.17) is 4.99 Å². The Kier molecular flexibility index (Phi) is 10.3. The highest BCUT2D eigenvalue weighted by Crippen LogP contribution is 2.26. The minimum Gasteiger partial charge on any atom is -0.357 e. The van der Waals surface area contributed by atoms with Gasteiger partial charge in [-0.1, -0.05) is 12.8 Å². The first kappa shape index (κ1) is 23.7. The molecule has 3 rings (SSSR count). The fourth-order valence-corrected chi connectivity index (χ4v) is 4.61. The lowest BCUT2D eigenvalue weighted by molar-refractivity contribution is -0.130. The van der Waals surface area contributed by atoms with Crippen molar-refractivity contribution in [1.82, 2.24) is 25.3 Å². The van der Waals surface area contributed by atoms with Crippen molar-refractivity contribution in [2.24, 2.45) is 4.99 Å². The number of hydrogen-bond acceptors (Lipinski definition) is 4. The van der Waals surface area contributed by atoms with Gasteiger partial charge in [0.25, 0.3) is 0 Å². The van der Waals surface area contributed by atoms with E-state index in [-0.39, 0.29) is 29.9 Å². The molecule has 3 fully saturated rings. The number of carbonyl (C=O) groups excluding carboxylic acids is 1. The summed E-state index contributed by atoms with van der Waals surface area (Å²) in [6, 6.07) is 1.34. The Balaban J connectivity index is 0.00000280. The molecule has 1 unspecified atom stereocenters. The molecular formula is C20H39IN6O. The van der Waals surface area contributed by atoms with Gasteiger partial charge in [-0.05, 0) is 26.2 Å². The normalized spacial score (nSPS) is 25.0. The fourth-order valence-electron chi connectivity index (χ4n) is 4.61. The summed E-state index contributed by atoms with van der Waals surface area (Å²) in [6.07, 6.45) is 6.80. The van der Waals surface area contributed by atoms with Gasteiger partial charge in [0.2, 0.25) is 5.91 Å². The van der Waals surface area contributed by atoms with Gasteiger partial charge in [0.15, 0.2) is 5.96 Å². The lowest BCUT2D eigenvalue weighted by Crippen LogP contribution is -2.49. The molecule has 0 bridgehead atoms. The third-order valence-electron chi connectivity index (χ3n) is 6.25. The molecule has 2 N–H and O–H groups in total. The molecule has 2 aliphatic heterocycles. The van der Waals surface area contributed by atoms with Gasteiger partial charge in [-0.2, -0.15) is 0 Å². The van der Waals surface area contributed by atoms with E-state index in [0.29, 0.717) is 6.04 Å². The quantitative estimate of drug-likeness (QED) is 0.324. The van der Waals surface area contributed by atoms with Crippen LogP contribution in [0.5, 0.6) is 0 Å². The molecule has 1 saturated carbocycles. The summed E-state index contributed by atoms with van der Waals surface area (Å²) in [6.45, 7) is 12.4. The SMILES string of the molecule is CCNC(=NCCN1CCN(C(C)=O)CC1)NC1CCN(C2CCCC2)C1.I. The van der Waals surface area contributed by atoms with E-state index < -0.39 is 0 Å². The molecule has 1 atom stereocenters. The first-order valence-corrected chi connectivity index (χ1v) is 10.9. The van der Waals surface area contributed by atoms with Crippen molar-refractivity contribution in [3.8, 4) is 0 Å². The number of guanidine groups is 1. The minimum atomic E-state index is 0. The van der Waals surface area contributed by atoms with Crippen LogP contribution in [0.25, 0.3) is 0 Å². The number of rotatable bonds is 6. The van der Waals surface area contributed by atoms with Crippen LogP contribution in [0.3, 0.4) is 0 Å². The van der Waals surface area contributed by atoms with Gasteiger partial charge >= 0.3 is 0 Å². The van der Waals surface area contributed by atoms with Gasteiger partial charge in [-0.3, -0.25) is 19.6 Å². The second kappa shape index (κ2) is 12.2. The fraction of sp³-hybridized carbons (Fsp3) is 0.900. The Morgan fingerprint density at radius 2 is 1.79 bits per heavy atom. The Morgan fingerprint density at radius 1 is 1.07 bits per heavy atom. The number of nitrogens with zero attached hydrogens (tertiary/aromatic N) is 4. The van der Waals surface area contributed by atoms with Crippen LogP contribution in [0.2, 0.25) is 0 Å². The molecule has 2 saturated heterocycles. The van der Waals surface area contributed by atoms with E-state index in [1.54, 1.807) is 6.92 Å². The van der Waals surface area contributed by atoms with E-state index in [0.717, 1.165) is 64.4 Å². The maximum Gasteiger partial charge on any atom is 0.219 e. The number of nitrogens with one attached hydrogen (secondary N) is 2. The van der Waals surface area contributed by atoms with Gasteiger partial charge in [0.1, 0.15) is 0 Å². The summed E-state index contributed by atoms with van der Waals surface area (Å²) in [5.74, 6) is 1.15. The molecule has 0 radical (unpaired) electrons. The molecule has 2 heterocycles. The predicted molar refractivity (Wildman–Crippen MR) is 125 cm³/mol. The van der Waals surface area contributed by atoms with E-state index in [1.807, 2.05) is 4.90 Å². The molecule has 1 amide bonds. The van der Waals surface area contributed by atoms with Gasteiger partial charge < -0.3 is 15.5 Å². The van der Waals surface area contributed by atoms with E-state index in [2.05, 4.69) is 27.4 Å². The zero-order chi connectivity index (χ0) is 19.1. The number of aliphatic imine (C=N–C) groups is 1. The first-order valence-electron chi connectivity index (χ1n) is 10.9. The molecule has 0 aromatic heterocycles. The smallest absolute Gasteiger partial charge is 0.219 e. The van der Waals surface area contributed by atoms with Crippen molar-refractivity contribution in [1.29, 1.82) is 0 Å². The van der Waals surface area contributed by atoms with Crippen molar-refractivity contribution < 1.29 is 4.79 Å². The highest BCUT2D eigenvalue weighted by molar-refractivity contribution is 14.0. The molecule has 0 aromatic rings. The number of halogens is 1. The van der Waals surface area contributed by atoms with Crippen molar-refractivity contribution >= 4 is 35.8 Å². The monoisotopic (exact) mass is 506 g/mol. The van der Waals surface area contributed by atoms with Crippen molar-refractivity contribution in [3.05, 3.63) is 0 Å². The molecule has 3 aliphatic rings. The first-order chi connectivity index (χ1) is 13.2. The molecule has 28 heavy (non-hydrogen) atoms. The van der Waals surface area contributed by atoms with Gasteiger partial charge in [-0.15, -0.1) is 24.0 Å². The average Bonchev–Trinajstić information content (AvgIpc) is 3.34. The van der Waals surface area contributed by atoms with Crippen LogP contribution in [0.1, 0.15) is 46.0 Å². The standard InChI is InChI=1S/C20H38N6O.HI/c1-3-21-20(22-9-11-24-12-14-25(15-13-24)17(2)27)23-18-8-10-26(16-18)19-6-4-5-7-19;/h18-19H,3-16H2,1-2H3,(H2,21,22,23);1H. The van der Waals surface area contributed by atoms with Crippen LogP contribution in [-0.4, -0.2) is 97.6 Å². The average molecular weight is 506 g/mol. The largest absolute Gasteiger partial charge is 0.357 e. The molecule has 7 nitrogen and oxygen atoms in total. The predicted octanol–water partition coefficient (Wildman–Crippen LogP) is 1.34. The van der Waals surface area contributed by atoms with E-state index in [9.17, 15) is 4.79 Å². The van der Waals surface area contributed by atoms with Gasteiger partial charge in [-0.25, -0.2) is 0 Å². The number of hydrogen-bond donors (Lipinski definition) is 2. The number of piperazine rings is 1. The van der Waals surface area contributed by atoms with Crippen molar-refractivity contribution in [2.45, 2.75) is 58.0 Å². The summed E-state index contributed by atoms with van der Waals surface area (Å²) >= 11 is 0. The van der Waals surface area contributed by atoms with E-state index >= 15 is 0 Å². The minimum absolute atomic E-state index is 0. The molecule has 8 heteroatoms. The second-order valence-corrected chi connectivity index (χ2v) is 8.17. The molecule has 0 spiro atoms. The zero-order valence-electron chi connectivity index (χ0n) is 17.7. The summed E-state index contributed by atoms with van der Waals surface area (Å²) in [5.41, 5.74) is 0. The molecule has 0 aromatic carbocycles. The van der Waals surface area contributed by atoms with E-state index in [1.165, 1.54) is 38.6 Å². The molecule has 162 valence electrons. The summed E-state index contributed by atoms with van der Waals surface area (Å²) < 4.78 is 0. The van der Waals surface area contributed by atoms with Gasteiger partial charge in [0, 0.05) is 71.4 Å². The lowest BCUT2D eigenvalue weighted by Gasteiger charge is -2.33. The molecular weight excluding hydrogens is 467 g/mol. The molecule has 1 aliphatic carbocycles. The highest BCUT2D eigenvalue weighted by Gasteiger charge is 2.30. The van der Waals surface area contributed by atoms with Gasteiger partial charge in [0.05, 0.1) is 6.54 Å². The summed E-state index contributed by atoms with van der Waals surface area (Å²) in [5, 5.41) is 7.06.